The molecule has 10 heteroatoms. The fourth-order valence-electron chi connectivity index (χ4n) is 2.31. The summed E-state index contributed by atoms with van der Waals surface area (Å²) in [6, 6.07) is 0. The third kappa shape index (κ3) is 22.4. The lowest BCUT2D eigenvalue weighted by Crippen LogP contribution is -2.15. The van der Waals surface area contributed by atoms with Gasteiger partial charge in [0, 0.05) is 32.0 Å². The average Bonchev–Trinajstić information content (AvgIpc) is 3.63. The molecule has 1 heterocycles. The van der Waals surface area contributed by atoms with Crippen molar-refractivity contribution in [3.63, 3.8) is 0 Å². The van der Waals surface area contributed by atoms with E-state index in [1.165, 1.54) is 0 Å². The number of ether oxygens (including phenoxy) is 9. The number of rotatable bonds is 26. The van der Waals surface area contributed by atoms with Crippen LogP contribution in [0.1, 0.15) is 19.8 Å². The molecule has 0 spiro atoms. The van der Waals surface area contributed by atoms with Crippen molar-refractivity contribution in [1.29, 1.82) is 0 Å². The van der Waals surface area contributed by atoms with Crippen LogP contribution in [0, 0.1) is 0 Å². The minimum absolute atomic E-state index is 0.210. The molecule has 0 aromatic rings. The highest BCUT2D eigenvalue weighted by Crippen LogP contribution is 2.08. The van der Waals surface area contributed by atoms with Crippen molar-refractivity contribution in [2.75, 3.05) is 106 Å². The van der Waals surface area contributed by atoms with Crippen LogP contribution in [0.3, 0.4) is 0 Å². The maximum Gasteiger partial charge on any atom is 0.333 e. The van der Waals surface area contributed by atoms with Gasteiger partial charge in [0.05, 0.1) is 72.7 Å². The fraction of sp³-hybridized carbons (Fsp3) is 0.870. The van der Waals surface area contributed by atoms with Crippen LogP contribution in [0.2, 0.25) is 0 Å². The monoisotopic (exact) mass is 478 g/mol. The number of carbonyl (C=O) groups excluding carboxylic acids is 1. The fourth-order valence-corrected chi connectivity index (χ4v) is 2.31. The molecule has 1 saturated heterocycles. The van der Waals surface area contributed by atoms with Crippen molar-refractivity contribution in [3.8, 4) is 0 Å². The Morgan fingerprint density at radius 1 is 0.667 bits per heavy atom. The molecule has 1 aliphatic rings. The molecule has 0 amide bonds. The van der Waals surface area contributed by atoms with Crippen LogP contribution < -0.4 is 0 Å². The van der Waals surface area contributed by atoms with Gasteiger partial charge in [0.25, 0.3) is 0 Å². The van der Waals surface area contributed by atoms with E-state index in [2.05, 4.69) is 6.58 Å². The van der Waals surface area contributed by atoms with E-state index < -0.39 is 5.97 Å². The third-order valence-electron chi connectivity index (χ3n) is 4.16. The molecule has 33 heavy (non-hydrogen) atoms. The lowest BCUT2D eigenvalue weighted by molar-refractivity contribution is -0.140. The Morgan fingerprint density at radius 2 is 1.03 bits per heavy atom. The summed E-state index contributed by atoms with van der Waals surface area (Å²) in [5.41, 5.74) is 0.377. The second kappa shape index (κ2) is 22.7. The summed E-state index contributed by atoms with van der Waals surface area (Å²) >= 11 is 0. The van der Waals surface area contributed by atoms with Crippen molar-refractivity contribution in [3.05, 3.63) is 12.2 Å². The molecular formula is C23H42O10. The minimum Gasteiger partial charge on any atom is -0.460 e. The largest absolute Gasteiger partial charge is 0.460 e. The van der Waals surface area contributed by atoms with Gasteiger partial charge < -0.3 is 42.6 Å². The maximum absolute atomic E-state index is 11.1. The van der Waals surface area contributed by atoms with E-state index in [0.717, 1.165) is 26.1 Å². The molecule has 1 fully saturated rings. The number of epoxide rings is 1. The van der Waals surface area contributed by atoms with Crippen molar-refractivity contribution in [2.24, 2.45) is 0 Å². The van der Waals surface area contributed by atoms with Crippen LogP contribution >= 0.6 is 0 Å². The zero-order valence-electron chi connectivity index (χ0n) is 20.1. The molecule has 10 nitrogen and oxygen atoms in total. The van der Waals surface area contributed by atoms with E-state index in [-0.39, 0.29) is 6.61 Å². The van der Waals surface area contributed by atoms with Crippen LogP contribution in [0.25, 0.3) is 0 Å². The standard InChI is InChI=1S/C23H42O10/c1-21(2)23(24)32-18-17-30-16-15-29-14-13-28-12-11-27-10-9-26-7-3-5-25-6-4-8-31-19-22-20-33-22/h22H,1,3-20H2,2H3. The topological polar surface area (TPSA) is 103 Å². The lowest BCUT2D eigenvalue weighted by atomic mass is 10.4. The maximum atomic E-state index is 11.1. The molecule has 0 aliphatic carbocycles. The Balaban J connectivity index is 1.61. The molecule has 1 rings (SSSR count). The van der Waals surface area contributed by atoms with E-state index >= 15 is 0 Å². The quantitative estimate of drug-likeness (QED) is 0.0784. The summed E-state index contributed by atoms with van der Waals surface area (Å²) in [6.45, 7) is 14.0. The van der Waals surface area contributed by atoms with Gasteiger partial charge in [-0.25, -0.2) is 4.79 Å². The molecule has 0 aromatic carbocycles. The van der Waals surface area contributed by atoms with Gasteiger partial charge in [0.1, 0.15) is 12.7 Å². The molecular weight excluding hydrogens is 436 g/mol. The molecule has 1 atom stereocenters. The number of esters is 1. The van der Waals surface area contributed by atoms with Gasteiger partial charge in [-0.1, -0.05) is 6.58 Å². The van der Waals surface area contributed by atoms with E-state index in [9.17, 15) is 4.79 Å². The number of hydrogen-bond acceptors (Lipinski definition) is 10. The predicted molar refractivity (Wildman–Crippen MR) is 120 cm³/mol. The Bertz CT molecular complexity index is 470. The van der Waals surface area contributed by atoms with Gasteiger partial charge in [-0.2, -0.15) is 0 Å². The van der Waals surface area contributed by atoms with Gasteiger partial charge in [-0.05, 0) is 19.8 Å². The van der Waals surface area contributed by atoms with Gasteiger partial charge in [-0.3, -0.25) is 0 Å². The predicted octanol–water partition coefficient (Wildman–Crippen LogP) is 1.40. The van der Waals surface area contributed by atoms with Gasteiger partial charge in [-0.15, -0.1) is 0 Å². The molecule has 194 valence electrons. The van der Waals surface area contributed by atoms with Crippen LogP contribution in [0.5, 0.6) is 0 Å². The highest BCUT2D eigenvalue weighted by atomic mass is 16.6. The summed E-state index contributed by atoms with van der Waals surface area (Å²) in [5, 5.41) is 0. The molecule has 0 radical (unpaired) electrons. The molecule has 1 unspecified atom stereocenters. The smallest absolute Gasteiger partial charge is 0.333 e. The SMILES string of the molecule is C=C(C)C(=O)OCCOCCOCCOCCOCCOCCCOCCCOCC1CO1. The van der Waals surface area contributed by atoms with Crippen LogP contribution in [0.15, 0.2) is 12.2 Å². The number of hydrogen-bond donors (Lipinski definition) is 0. The van der Waals surface area contributed by atoms with E-state index in [1.54, 1.807) is 6.92 Å². The van der Waals surface area contributed by atoms with Crippen molar-refractivity contribution < 1.29 is 47.4 Å². The second-order valence-corrected chi connectivity index (χ2v) is 7.33. The van der Waals surface area contributed by atoms with Crippen molar-refractivity contribution in [2.45, 2.75) is 25.9 Å². The summed E-state index contributed by atoms with van der Waals surface area (Å²) in [7, 11) is 0. The van der Waals surface area contributed by atoms with E-state index in [1.807, 2.05) is 0 Å². The second-order valence-electron chi connectivity index (χ2n) is 7.33. The first-order valence-corrected chi connectivity index (χ1v) is 11.7. The van der Waals surface area contributed by atoms with Crippen LogP contribution in [-0.2, 0) is 47.4 Å². The first kappa shape index (κ1) is 29.9. The third-order valence-corrected chi connectivity index (χ3v) is 4.16. The molecule has 0 N–H and O–H groups in total. The Hall–Kier alpha value is -1.11. The zero-order chi connectivity index (χ0) is 23.8. The molecule has 0 aromatic heterocycles. The molecule has 0 bridgehead atoms. The summed E-state index contributed by atoms with van der Waals surface area (Å²) in [4.78, 5) is 11.1. The normalized spacial score (nSPS) is 15.0. The molecule has 0 saturated carbocycles. The van der Waals surface area contributed by atoms with Gasteiger partial charge in [0.15, 0.2) is 0 Å². The summed E-state index contributed by atoms with van der Waals surface area (Å²) in [5.74, 6) is -0.405. The Labute approximate surface area is 197 Å². The van der Waals surface area contributed by atoms with Crippen molar-refractivity contribution >= 4 is 5.97 Å². The van der Waals surface area contributed by atoms with Gasteiger partial charge in [0.2, 0.25) is 0 Å². The van der Waals surface area contributed by atoms with Gasteiger partial charge >= 0.3 is 5.97 Å². The highest BCUT2D eigenvalue weighted by Gasteiger charge is 2.21. The molecule has 1 aliphatic heterocycles. The summed E-state index contributed by atoms with van der Waals surface area (Å²) in [6.07, 6.45) is 2.10. The minimum atomic E-state index is -0.405. The lowest BCUT2D eigenvalue weighted by Gasteiger charge is -2.08. The highest BCUT2D eigenvalue weighted by molar-refractivity contribution is 5.86. The van der Waals surface area contributed by atoms with E-state index in [0.29, 0.717) is 97.6 Å². The Kier molecular flexibility index (Phi) is 20.6. The first-order chi connectivity index (χ1) is 16.2. The Morgan fingerprint density at radius 3 is 1.45 bits per heavy atom. The number of carbonyl (C=O) groups is 1. The zero-order valence-corrected chi connectivity index (χ0v) is 20.1. The van der Waals surface area contributed by atoms with E-state index in [4.69, 9.17) is 42.6 Å². The van der Waals surface area contributed by atoms with Crippen LogP contribution in [-0.4, -0.2) is 118 Å². The summed E-state index contributed by atoms with van der Waals surface area (Å²) < 4.78 is 48.0. The first-order valence-electron chi connectivity index (χ1n) is 11.7. The van der Waals surface area contributed by atoms with Crippen molar-refractivity contribution in [1.82, 2.24) is 0 Å². The van der Waals surface area contributed by atoms with Crippen LogP contribution in [0.4, 0.5) is 0 Å². The average molecular weight is 479 g/mol.